The van der Waals surface area contributed by atoms with Crippen molar-refractivity contribution in [2.24, 2.45) is 5.92 Å². The predicted octanol–water partition coefficient (Wildman–Crippen LogP) is 2.59. The fraction of sp³-hybridized carbons (Fsp3) is 0.600. The van der Waals surface area contributed by atoms with Gasteiger partial charge in [0.05, 0.1) is 37.8 Å². The number of rotatable bonds is 5. The number of aromatic amines is 1. The third kappa shape index (κ3) is 5.07. The van der Waals surface area contributed by atoms with Gasteiger partial charge in [-0.1, -0.05) is 0 Å². The van der Waals surface area contributed by atoms with Crippen molar-refractivity contribution in [3.63, 3.8) is 0 Å². The Labute approximate surface area is 221 Å². The van der Waals surface area contributed by atoms with Crippen molar-refractivity contribution in [1.82, 2.24) is 25.4 Å². The van der Waals surface area contributed by atoms with E-state index in [2.05, 4.69) is 20.5 Å². The van der Waals surface area contributed by atoms with Crippen LogP contribution >= 0.6 is 0 Å². The number of halogens is 4. The van der Waals surface area contributed by atoms with Gasteiger partial charge in [-0.25, -0.2) is 9.37 Å². The highest BCUT2D eigenvalue weighted by Gasteiger charge is 2.55. The highest BCUT2D eigenvalue weighted by molar-refractivity contribution is 5.94. The van der Waals surface area contributed by atoms with Gasteiger partial charge in [0.15, 0.2) is 17.1 Å². The molecule has 4 heterocycles. The number of carbonyl (C=O) groups excluding carboxylic acids is 2. The summed E-state index contributed by atoms with van der Waals surface area (Å²) in [5.74, 6) is -1.53. The first-order valence-electron chi connectivity index (χ1n) is 12.7. The van der Waals surface area contributed by atoms with Gasteiger partial charge < -0.3 is 24.8 Å². The summed E-state index contributed by atoms with van der Waals surface area (Å²) in [6.45, 7) is 0.717. The maximum Gasteiger partial charge on any atom is 0.417 e. The Balaban J connectivity index is 1.23. The lowest BCUT2D eigenvalue weighted by Gasteiger charge is -2.53. The van der Waals surface area contributed by atoms with Crippen molar-refractivity contribution in [2.75, 3.05) is 26.9 Å². The topological polar surface area (TPSA) is 130 Å². The molecule has 2 amide bonds. The summed E-state index contributed by atoms with van der Waals surface area (Å²) < 4.78 is 64.1. The Morgan fingerprint density at radius 3 is 2.56 bits per heavy atom. The fourth-order valence-corrected chi connectivity index (χ4v) is 5.63. The first-order chi connectivity index (χ1) is 18.4. The monoisotopic (exact) mass is 555 g/mol. The normalized spacial score (nSPS) is 26.7. The maximum atomic E-state index is 14.3. The van der Waals surface area contributed by atoms with Crippen molar-refractivity contribution in [1.29, 1.82) is 0 Å². The number of ether oxygens (including phenoxy) is 2. The van der Waals surface area contributed by atoms with Crippen LogP contribution in [-0.2, 0) is 9.53 Å². The molecular weight excluding hydrogens is 526 g/mol. The lowest BCUT2D eigenvalue weighted by Crippen LogP contribution is -2.68. The molecule has 1 spiro atoms. The van der Waals surface area contributed by atoms with E-state index in [9.17, 15) is 32.3 Å². The van der Waals surface area contributed by atoms with E-state index < -0.39 is 47.9 Å². The summed E-state index contributed by atoms with van der Waals surface area (Å²) in [6, 6.07) is 2.37. The van der Waals surface area contributed by atoms with Gasteiger partial charge in [-0.15, -0.1) is 0 Å². The number of nitrogens with zero attached hydrogens (tertiary/aromatic N) is 3. The second-order valence-corrected chi connectivity index (χ2v) is 10.5. The van der Waals surface area contributed by atoms with Gasteiger partial charge in [0.1, 0.15) is 0 Å². The zero-order valence-electron chi connectivity index (χ0n) is 21.2. The molecule has 1 atom stereocenters. The number of aromatic nitrogens is 3. The first kappa shape index (κ1) is 27.3. The van der Waals surface area contributed by atoms with Crippen LogP contribution in [0.15, 0.2) is 18.3 Å². The van der Waals surface area contributed by atoms with Crippen LogP contribution in [0.3, 0.4) is 0 Å². The minimum atomic E-state index is -4.70. The van der Waals surface area contributed by atoms with Gasteiger partial charge in [0.25, 0.3) is 5.91 Å². The number of nitrogens with one attached hydrogen (secondary N) is 2. The molecular formula is C25H29F4N5O5. The second-order valence-electron chi connectivity index (χ2n) is 10.5. The van der Waals surface area contributed by atoms with Crippen LogP contribution in [0.1, 0.15) is 49.0 Å². The molecule has 0 bridgehead atoms. The summed E-state index contributed by atoms with van der Waals surface area (Å²) in [7, 11) is 1.40. The molecule has 212 valence electrons. The quantitative estimate of drug-likeness (QED) is 0.484. The van der Waals surface area contributed by atoms with Gasteiger partial charge in [0, 0.05) is 30.1 Å². The van der Waals surface area contributed by atoms with Crippen LogP contribution in [0, 0.1) is 11.7 Å². The molecule has 1 unspecified atom stereocenters. The molecule has 2 aromatic rings. The molecule has 3 N–H and O–H groups in total. The molecule has 10 nitrogen and oxygen atoms in total. The molecule has 2 aromatic heterocycles. The molecule has 3 fully saturated rings. The van der Waals surface area contributed by atoms with Crippen LogP contribution in [0.25, 0.3) is 11.3 Å². The molecule has 3 aliphatic rings. The highest BCUT2D eigenvalue weighted by atomic mass is 19.4. The summed E-state index contributed by atoms with van der Waals surface area (Å²) in [5.41, 5.74) is -2.94. The van der Waals surface area contributed by atoms with Gasteiger partial charge in [-0.05, 0) is 44.6 Å². The van der Waals surface area contributed by atoms with E-state index in [1.54, 1.807) is 4.90 Å². The Hall–Kier alpha value is -3.26. The van der Waals surface area contributed by atoms with E-state index in [0.29, 0.717) is 12.8 Å². The van der Waals surface area contributed by atoms with Crippen molar-refractivity contribution in [3.05, 3.63) is 29.8 Å². The molecule has 2 aliphatic heterocycles. The highest BCUT2D eigenvalue weighted by Crippen LogP contribution is 2.42. The maximum absolute atomic E-state index is 14.3. The number of carbonyl (C=O) groups is 2. The van der Waals surface area contributed by atoms with Crippen molar-refractivity contribution in [2.45, 2.75) is 61.9 Å². The number of hydrogen-bond donors (Lipinski definition) is 3. The molecule has 14 heteroatoms. The molecule has 1 saturated carbocycles. The average Bonchev–Trinajstić information content (AvgIpc) is 3.38. The first-order valence-corrected chi connectivity index (χ1v) is 12.7. The minimum Gasteiger partial charge on any atom is -0.481 e. The average molecular weight is 556 g/mol. The lowest BCUT2D eigenvalue weighted by atomic mass is 9.77. The van der Waals surface area contributed by atoms with Gasteiger partial charge in [-0.3, -0.25) is 14.7 Å². The minimum absolute atomic E-state index is 0.0266. The zero-order valence-corrected chi connectivity index (χ0v) is 21.2. The number of amides is 2. The Morgan fingerprint density at radius 2 is 1.95 bits per heavy atom. The number of methoxy groups -OCH3 is 1. The van der Waals surface area contributed by atoms with Gasteiger partial charge >= 0.3 is 6.18 Å². The number of H-pyrrole nitrogens is 1. The molecule has 0 radical (unpaired) electrons. The third-order valence-corrected chi connectivity index (χ3v) is 8.07. The van der Waals surface area contributed by atoms with Crippen molar-refractivity contribution < 1.29 is 41.7 Å². The van der Waals surface area contributed by atoms with Crippen LogP contribution in [0.4, 0.5) is 17.6 Å². The largest absolute Gasteiger partial charge is 0.481 e. The summed E-state index contributed by atoms with van der Waals surface area (Å²) in [5, 5.41) is 19.5. The van der Waals surface area contributed by atoms with Crippen LogP contribution in [0.5, 0.6) is 5.88 Å². The number of hydrogen-bond acceptors (Lipinski definition) is 7. The Bertz CT molecular complexity index is 1240. The molecule has 5 rings (SSSR count). The Kier molecular flexibility index (Phi) is 7.04. The van der Waals surface area contributed by atoms with Crippen molar-refractivity contribution in [3.8, 4) is 17.1 Å². The second kappa shape index (κ2) is 10.0. The van der Waals surface area contributed by atoms with Crippen LogP contribution < -0.4 is 10.1 Å². The number of likely N-dealkylation sites (tertiary alicyclic amines) is 1. The summed E-state index contributed by atoms with van der Waals surface area (Å²) in [4.78, 5) is 31.9. The number of piperidine rings is 1. The molecule has 1 aliphatic carbocycles. The SMILES string of the molecule is COc1cc(-c2cc(C(=O)N3CCC(C(=O)N[C@H]4CC[C@@](O)(C(F)(F)F)CC4)CC34COC4)n[nH]2)c(F)cn1. The molecule has 2 saturated heterocycles. The standard InChI is InChI=1S/C25H29F4N5O5/c1-38-20-8-16(17(26)11-30-20)18-9-19(33-32-18)22(36)34-7-4-14(10-23(34)12-39-13-23)21(35)31-15-2-5-24(37,6-3-15)25(27,28)29/h8-9,11,14-15,37H,2-7,10,12-13H2,1H3,(H,31,35)(H,32,33)/t14?,15-,24-. The van der Waals surface area contributed by atoms with Crippen molar-refractivity contribution >= 4 is 11.8 Å². The smallest absolute Gasteiger partial charge is 0.417 e. The van der Waals surface area contributed by atoms with Crippen LogP contribution in [-0.4, -0.2) is 87.2 Å². The zero-order chi connectivity index (χ0) is 28.0. The number of alkyl halides is 3. The predicted molar refractivity (Wildman–Crippen MR) is 127 cm³/mol. The van der Waals surface area contributed by atoms with E-state index in [0.717, 1.165) is 6.20 Å². The van der Waals surface area contributed by atoms with E-state index in [1.807, 2.05) is 0 Å². The van der Waals surface area contributed by atoms with Gasteiger partial charge in [0.2, 0.25) is 11.8 Å². The number of aliphatic hydroxyl groups is 1. The van der Waals surface area contributed by atoms with E-state index in [-0.39, 0.29) is 67.2 Å². The van der Waals surface area contributed by atoms with E-state index >= 15 is 0 Å². The molecule has 39 heavy (non-hydrogen) atoms. The molecule has 0 aromatic carbocycles. The number of pyridine rings is 1. The van der Waals surface area contributed by atoms with Gasteiger partial charge in [-0.2, -0.15) is 18.3 Å². The Morgan fingerprint density at radius 1 is 1.23 bits per heavy atom. The fourth-order valence-electron chi connectivity index (χ4n) is 5.63. The third-order valence-electron chi connectivity index (χ3n) is 8.07. The van der Waals surface area contributed by atoms with E-state index in [4.69, 9.17) is 9.47 Å². The van der Waals surface area contributed by atoms with Crippen LogP contribution in [0.2, 0.25) is 0 Å². The summed E-state index contributed by atoms with van der Waals surface area (Å²) in [6.07, 6.45) is -3.88. The van der Waals surface area contributed by atoms with E-state index in [1.165, 1.54) is 19.2 Å². The summed E-state index contributed by atoms with van der Waals surface area (Å²) >= 11 is 0. The lowest BCUT2D eigenvalue weighted by molar-refractivity contribution is -0.270.